The molecule has 20 heavy (non-hydrogen) atoms. The molecule has 7 heteroatoms. The second-order valence-electron chi connectivity index (χ2n) is 5.81. The van der Waals surface area contributed by atoms with E-state index in [1.807, 2.05) is 20.8 Å². The van der Waals surface area contributed by atoms with Gasteiger partial charge in [-0.3, -0.25) is 14.4 Å². The maximum Gasteiger partial charge on any atom is 0.308 e. The lowest BCUT2D eigenvalue weighted by Crippen LogP contribution is -2.35. The lowest BCUT2D eigenvalue weighted by Gasteiger charge is -2.23. The van der Waals surface area contributed by atoms with Crippen molar-refractivity contribution in [3.05, 3.63) is 28.4 Å². The maximum absolute atomic E-state index is 11.8. The zero-order valence-electron chi connectivity index (χ0n) is 11.8. The Morgan fingerprint density at radius 3 is 2.55 bits per heavy atom. The van der Waals surface area contributed by atoms with Crippen LogP contribution < -0.4 is 10.9 Å². The number of aromatic nitrogens is 2. The van der Waals surface area contributed by atoms with Crippen LogP contribution in [0.3, 0.4) is 0 Å². The molecular formula is C13H19N3O4. The average molecular weight is 281 g/mol. The van der Waals surface area contributed by atoms with Crippen molar-refractivity contribution in [3.63, 3.8) is 0 Å². The van der Waals surface area contributed by atoms with Crippen LogP contribution in [0.5, 0.6) is 0 Å². The van der Waals surface area contributed by atoms with Crippen molar-refractivity contribution in [2.75, 3.05) is 6.54 Å². The van der Waals surface area contributed by atoms with Gasteiger partial charge in [0.15, 0.2) is 0 Å². The van der Waals surface area contributed by atoms with E-state index in [0.717, 1.165) is 6.20 Å². The standard InChI is InChI=1S/C13H19N3O4/c1-13(2,3)4-8(12(19)20)5-16-11(18)9-6-15-10(17)7-14-9/h6-8H,4-5H2,1-3H3,(H,15,17)(H,16,18)(H,19,20). The summed E-state index contributed by atoms with van der Waals surface area (Å²) < 4.78 is 0. The van der Waals surface area contributed by atoms with Crippen molar-refractivity contribution in [2.45, 2.75) is 27.2 Å². The van der Waals surface area contributed by atoms with E-state index >= 15 is 0 Å². The number of H-pyrrole nitrogens is 1. The van der Waals surface area contributed by atoms with E-state index < -0.39 is 23.4 Å². The SMILES string of the molecule is CC(C)(C)CC(CNC(=O)c1c[nH]c(=O)cn1)C(=O)O. The van der Waals surface area contributed by atoms with Gasteiger partial charge in [-0.05, 0) is 11.8 Å². The highest BCUT2D eigenvalue weighted by Crippen LogP contribution is 2.24. The fraction of sp³-hybridized carbons (Fsp3) is 0.538. The summed E-state index contributed by atoms with van der Waals surface area (Å²) in [5.74, 6) is -2.13. The van der Waals surface area contributed by atoms with Gasteiger partial charge in [0.2, 0.25) is 0 Å². The van der Waals surface area contributed by atoms with E-state index in [9.17, 15) is 14.4 Å². The fourth-order valence-electron chi connectivity index (χ4n) is 1.76. The number of carboxylic acids is 1. The number of hydrogen-bond acceptors (Lipinski definition) is 4. The van der Waals surface area contributed by atoms with E-state index in [1.54, 1.807) is 0 Å². The monoisotopic (exact) mass is 281 g/mol. The summed E-state index contributed by atoms with van der Waals surface area (Å²) in [5.41, 5.74) is -0.508. The molecule has 0 aliphatic rings. The van der Waals surface area contributed by atoms with E-state index in [4.69, 9.17) is 5.11 Å². The largest absolute Gasteiger partial charge is 0.481 e. The molecule has 3 N–H and O–H groups in total. The van der Waals surface area contributed by atoms with Gasteiger partial charge in [-0.25, -0.2) is 4.98 Å². The van der Waals surface area contributed by atoms with Crippen LogP contribution in [0.1, 0.15) is 37.7 Å². The third-order valence-electron chi connectivity index (χ3n) is 2.62. The smallest absolute Gasteiger partial charge is 0.308 e. The van der Waals surface area contributed by atoms with Crippen molar-refractivity contribution in [1.82, 2.24) is 15.3 Å². The van der Waals surface area contributed by atoms with Crippen molar-refractivity contribution < 1.29 is 14.7 Å². The number of nitrogens with one attached hydrogen (secondary N) is 2. The lowest BCUT2D eigenvalue weighted by atomic mass is 9.84. The van der Waals surface area contributed by atoms with Gasteiger partial charge in [0.05, 0.1) is 12.1 Å². The van der Waals surface area contributed by atoms with Crippen LogP contribution in [0, 0.1) is 11.3 Å². The molecule has 0 radical (unpaired) electrons. The van der Waals surface area contributed by atoms with Crippen molar-refractivity contribution in [1.29, 1.82) is 0 Å². The quantitative estimate of drug-likeness (QED) is 0.733. The van der Waals surface area contributed by atoms with Gasteiger partial charge in [-0.2, -0.15) is 0 Å². The van der Waals surface area contributed by atoms with Crippen LogP contribution in [-0.2, 0) is 4.79 Å². The molecule has 0 aliphatic carbocycles. The molecule has 0 fully saturated rings. The number of carboxylic acid groups (broad SMARTS) is 1. The van der Waals surface area contributed by atoms with Crippen LogP contribution in [0.2, 0.25) is 0 Å². The molecule has 1 atom stereocenters. The van der Waals surface area contributed by atoms with Gasteiger partial charge in [0.1, 0.15) is 5.69 Å². The highest BCUT2D eigenvalue weighted by Gasteiger charge is 2.25. The maximum atomic E-state index is 11.8. The van der Waals surface area contributed by atoms with Crippen LogP contribution in [0.25, 0.3) is 0 Å². The number of carbonyl (C=O) groups excluding carboxylic acids is 1. The first-order chi connectivity index (χ1) is 9.19. The molecular weight excluding hydrogens is 262 g/mol. The van der Waals surface area contributed by atoms with E-state index in [1.165, 1.54) is 6.20 Å². The Hall–Kier alpha value is -2.18. The zero-order chi connectivity index (χ0) is 15.3. The predicted molar refractivity (Wildman–Crippen MR) is 72.4 cm³/mol. The van der Waals surface area contributed by atoms with Crippen molar-refractivity contribution >= 4 is 11.9 Å². The molecule has 1 aromatic rings. The molecule has 110 valence electrons. The second kappa shape index (κ2) is 6.31. The first-order valence-electron chi connectivity index (χ1n) is 6.25. The topological polar surface area (TPSA) is 112 Å². The molecule has 1 aromatic heterocycles. The minimum Gasteiger partial charge on any atom is -0.481 e. The van der Waals surface area contributed by atoms with Gasteiger partial charge in [0, 0.05) is 12.7 Å². The first-order valence-corrected chi connectivity index (χ1v) is 6.25. The minimum atomic E-state index is -0.949. The van der Waals surface area contributed by atoms with Crippen LogP contribution in [-0.4, -0.2) is 33.5 Å². The number of amides is 1. The van der Waals surface area contributed by atoms with Crippen molar-refractivity contribution in [3.8, 4) is 0 Å². The Morgan fingerprint density at radius 1 is 1.45 bits per heavy atom. The van der Waals surface area contributed by atoms with E-state index in [0.29, 0.717) is 6.42 Å². The van der Waals surface area contributed by atoms with Crippen LogP contribution in [0.4, 0.5) is 0 Å². The van der Waals surface area contributed by atoms with Gasteiger partial charge in [0.25, 0.3) is 11.5 Å². The van der Waals surface area contributed by atoms with Gasteiger partial charge < -0.3 is 15.4 Å². The Kier molecular flexibility index (Phi) is 5.01. The van der Waals surface area contributed by atoms with Gasteiger partial charge >= 0.3 is 5.97 Å². The molecule has 0 spiro atoms. The Bertz CT molecular complexity index is 525. The van der Waals surface area contributed by atoms with Gasteiger partial charge in [-0.15, -0.1) is 0 Å². The highest BCUT2D eigenvalue weighted by molar-refractivity contribution is 5.92. The third kappa shape index (κ3) is 5.21. The predicted octanol–water partition coefficient (Wildman–Crippen LogP) is 0.637. The summed E-state index contributed by atoms with van der Waals surface area (Å²) in [6.45, 7) is 5.84. The van der Waals surface area contributed by atoms with Crippen LogP contribution >= 0.6 is 0 Å². The second-order valence-corrected chi connectivity index (χ2v) is 5.81. The number of nitrogens with zero attached hydrogens (tertiary/aromatic N) is 1. The number of rotatable bonds is 5. The number of carbonyl (C=O) groups is 2. The summed E-state index contributed by atoms with van der Waals surface area (Å²) in [5, 5.41) is 11.7. The molecule has 1 rings (SSSR count). The molecule has 1 heterocycles. The summed E-state index contributed by atoms with van der Waals surface area (Å²) in [6.07, 6.45) is 2.64. The molecule has 0 bridgehead atoms. The normalized spacial score (nSPS) is 12.8. The zero-order valence-corrected chi connectivity index (χ0v) is 11.8. The summed E-state index contributed by atoms with van der Waals surface area (Å²) in [6, 6.07) is 0. The Labute approximate surface area is 116 Å². The summed E-state index contributed by atoms with van der Waals surface area (Å²) >= 11 is 0. The molecule has 1 unspecified atom stereocenters. The molecule has 0 saturated carbocycles. The first kappa shape index (κ1) is 15.9. The van der Waals surface area contributed by atoms with Gasteiger partial charge in [-0.1, -0.05) is 20.8 Å². The molecule has 0 aromatic carbocycles. The lowest BCUT2D eigenvalue weighted by molar-refractivity contribution is -0.142. The summed E-state index contributed by atoms with van der Waals surface area (Å²) in [4.78, 5) is 39.8. The fourth-order valence-corrected chi connectivity index (χ4v) is 1.76. The highest BCUT2D eigenvalue weighted by atomic mass is 16.4. The minimum absolute atomic E-state index is 0.0201. The Balaban J connectivity index is 2.63. The molecule has 0 saturated heterocycles. The van der Waals surface area contributed by atoms with E-state index in [2.05, 4.69) is 15.3 Å². The number of hydrogen-bond donors (Lipinski definition) is 3. The third-order valence-corrected chi connectivity index (χ3v) is 2.62. The Morgan fingerprint density at radius 2 is 2.10 bits per heavy atom. The summed E-state index contributed by atoms with van der Waals surface area (Å²) in [7, 11) is 0. The van der Waals surface area contributed by atoms with Crippen molar-refractivity contribution in [2.24, 2.45) is 11.3 Å². The van der Waals surface area contributed by atoms with E-state index in [-0.39, 0.29) is 17.7 Å². The number of aliphatic carboxylic acids is 1. The average Bonchev–Trinajstić information content (AvgIpc) is 2.33. The number of aromatic amines is 1. The molecule has 0 aliphatic heterocycles. The van der Waals surface area contributed by atoms with Crippen LogP contribution in [0.15, 0.2) is 17.2 Å². The molecule has 7 nitrogen and oxygen atoms in total. The molecule has 1 amide bonds.